The van der Waals surface area contributed by atoms with Crippen molar-refractivity contribution in [2.45, 2.75) is 38.3 Å². The molecule has 1 aliphatic heterocycles. The highest BCUT2D eigenvalue weighted by Crippen LogP contribution is 2.31. The minimum Gasteiger partial charge on any atom is -0.292 e. The van der Waals surface area contributed by atoms with Gasteiger partial charge in [0.1, 0.15) is 5.82 Å². The van der Waals surface area contributed by atoms with Gasteiger partial charge in [0, 0.05) is 43.3 Å². The number of likely N-dealkylation sites (tertiary alicyclic amines) is 1. The first-order valence-corrected chi connectivity index (χ1v) is 9.60. The van der Waals surface area contributed by atoms with Crippen LogP contribution in [0.25, 0.3) is 0 Å². The molecular formula is C23H24FN3. The average Bonchev–Trinajstić information content (AvgIpc) is 2.72. The first kappa shape index (κ1) is 17.8. The molecule has 0 amide bonds. The maximum atomic E-state index is 13.1. The lowest BCUT2D eigenvalue weighted by Crippen LogP contribution is -2.33. The summed E-state index contributed by atoms with van der Waals surface area (Å²) in [6.45, 7) is 2.06. The van der Waals surface area contributed by atoms with E-state index in [0.717, 1.165) is 30.8 Å². The summed E-state index contributed by atoms with van der Waals surface area (Å²) >= 11 is 0. The Morgan fingerprint density at radius 2 is 1.74 bits per heavy atom. The fraction of sp³-hybridized carbons (Fsp3) is 0.304. The summed E-state index contributed by atoms with van der Waals surface area (Å²) in [5.74, 6) is -0.200. The summed E-state index contributed by atoms with van der Waals surface area (Å²) in [6, 6.07) is 15.6. The first-order valence-electron chi connectivity index (χ1n) is 9.60. The predicted molar refractivity (Wildman–Crippen MR) is 105 cm³/mol. The molecule has 0 aliphatic carbocycles. The number of benzene rings is 1. The van der Waals surface area contributed by atoms with Gasteiger partial charge in [-0.2, -0.15) is 0 Å². The molecule has 0 spiro atoms. The zero-order valence-corrected chi connectivity index (χ0v) is 15.4. The van der Waals surface area contributed by atoms with Crippen LogP contribution in [-0.2, 0) is 13.0 Å². The van der Waals surface area contributed by atoms with Gasteiger partial charge in [0.25, 0.3) is 0 Å². The van der Waals surface area contributed by atoms with Crippen molar-refractivity contribution < 1.29 is 4.39 Å². The Kier molecular flexibility index (Phi) is 5.54. The molecule has 1 aromatic carbocycles. The number of halogens is 1. The average molecular weight is 361 g/mol. The normalized spacial score (nSPS) is 17.7. The van der Waals surface area contributed by atoms with Crippen LogP contribution in [-0.4, -0.2) is 21.4 Å². The minimum absolute atomic E-state index is 0.200. The summed E-state index contributed by atoms with van der Waals surface area (Å²) in [5, 5.41) is 0. The van der Waals surface area contributed by atoms with Crippen LogP contribution in [0.15, 0.2) is 67.1 Å². The van der Waals surface area contributed by atoms with Crippen LogP contribution in [0.4, 0.5) is 4.39 Å². The van der Waals surface area contributed by atoms with Crippen LogP contribution in [0.3, 0.4) is 0 Å². The molecule has 3 heterocycles. The van der Waals surface area contributed by atoms with Crippen LogP contribution in [0.2, 0.25) is 0 Å². The Morgan fingerprint density at radius 3 is 2.48 bits per heavy atom. The minimum atomic E-state index is -0.200. The number of hydrogen-bond acceptors (Lipinski definition) is 3. The van der Waals surface area contributed by atoms with Gasteiger partial charge in [0.2, 0.25) is 0 Å². The van der Waals surface area contributed by atoms with Crippen LogP contribution in [0, 0.1) is 5.82 Å². The molecule has 0 saturated carbocycles. The second-order valence-corrected chi connectivity index (χ2v) is 7.22. The van der Waals surface area contributed by atoms with Crippen molar-refractivity contribution in [2.75, 3.05) is 6.54 Å². The third-order valence-electron chi connectivity index (χ3n) is 5.28. The van der Waals surface area contributed by atoms with Crippen molar-refractivity contribution >= 4 is 0 Å². The molecule has 0 N–H and O–H groups in total. The molecule has 1 fully saturated rings. The monoisotopic (exact) mass is 361 g/mol. The van der Waals surface area contributed by atoms with Crippen molar-refractivity contribution in [1.29, 1.82) is 0 Å². The van der Waals surface area contributed by atoms with Crippen molar-refractivity contribution in [1.82, 2.24) is 14.9 Å². The van der Waals surface area contributed by atoms with E-state index in [4.69, 9.17) is 0 Å². The maximum absolute atomic E-state index is 13.1. The quantitative estimate of drug-likeness (QED) is 0.645. The number of piperidine rings is 1. The van der Waals surface area contributed by atoms with Crippen molar-refractivity contribution in [3.8, 4) is 0 Å². The van der Waals surface area contributed by atoms with Crippen LogP contribution in [0.5, 0.6) is 0 Å². The van der Waals surface area contributed by atoms with Gasteiger partial charge in [-0.05, 0) is 66.4 Å². The molecule has 1 saturated heterocycles. The fourth-order valence-corrected chi connectivity index (χ4v) is 3.83. The van der Waals surface area contributed by atoms with Crippen LogP contribution in [0.1, 0.15) is 47.7 Å². The van der Waals surface area contributed by atoms with Gasteiger partial charge in [-0.15, -0.1) is 0 Å². The highest BCUT2D eigenvalue weighted by Gasteiger charge is 2.24. The summed E-state index contributed by atoms with van der Waals surface area (Å²) in [7, 11) is 0. The molecule has 138 valence electrons. The Morgan fingerprint density at radius 1 is 0.926 bits per heavy atom. The Bertz CT molecular complexity index is 847. The molecule has 3 nitrogen and oxygen atoms in total. The molecule has 0 bridgehead atoms. The molecule has 4 heteroatoms. The molecule has 2 aromatic heterocycles. The number of aromatic nitrogens is 2. The van der Waals surface area contributed by atoms with Crippen molar-refractivity contribution in [2.24, 2.45) is 0 Å². The zero-order valence-electron chi connectivity index (χ0n) is 15.4. The Balaban J connectivity index is 1.46. The van der Waals surface area contributed by atoms with E-state index in [9.17, 15) is 4.39 Å². The molecule has 3 aromatic rings. The standard InChI is InChI=1S/C23H24FN3/c24-21-7-4-18(5-8-21)15-22-9-6-20(16-26-22)23-3-1-2-14-27(23)17-19-10-12-25-13-11-19/h4-13,16,23H,1-3,14-15,17H2/t23-/m1/s1. The second-order valence-electron chi connectivity index (χ2n) is 7.22. The van der Waals surface area contributed by atoms with E-state index in [1.54, 1.807) is 0 Å². The van der Waals surface area contributed by atoms with Crippen LogP contribution >= 0.6 is 0 Å². The lowest BCUT2D eigenvalue weighted by Gasteiger charge is -2.36. The molecule has 0 radical (unpaired) electrons. The fourth-order valence-electron chi connectivity index (χ4n) is 3.83. The number of hydrogen-bond donors (Lipinski definition) is 0. The number of rotatable bonds is 5. The molecule has 1 aliphatic rings. The third-order valence-corrected chi connectivity index (χ3v) is 5.28. The third kappa shape index (κ3) is 4.58. The van der Waals surface area contributed by atoms with E-state index < -0.39 is 0 Å². The van der Waals surface area contributed by atoms with Gasteiger partial charge in [-0.25, -0.2) is 4.39 Å². The highest BCUT2D eigenvalue weighted by molar-refractivity contribution is 5.25. The predicted octanol–water partition coefficient (Wildman–Crippen LogP) is 4.93. The molecule has 1 atom stereocenters. The van der Waals surface area contributed by atoms with Gasteiger partial charge in [-0.1, -0.05) is 24.6 Å². The van der Waals surface area contributed by atoms with Gasteiger partial charge >= 0.3 is 0 Å². The first-order chi connectivity index (χ1) is 13.3. The number of nitrogens with zero attached hydrogens (tertiary/aromatic N) is 3. The summed E-state index contributed by atoms with van der Waals surface area (Å²) in [4.78, 5) is 11.3. The van der Waals surface area contributed by atoms with Gasteiger partial charge in [0.05, 0.1) is 0 Å². The summed E-state index contributed by atoms with van der Waals surface area (Å²) < 4.78 is 13.1. The van der Waals surface area contributed by atoms with E-state index in [1.165, 1.54) is 42.5 Å². The Hall–Kier alpha value is -2.59. The summed E-state index contributed by atoms with van der Waals surface area (Å²) in [5.41, 5.74) is 4.68. The lowest BCUT2D eigenvalue weighted by atomic mass is 9.95. The molecule has 0 unspecified atom stereocenters. The maximum Gasteiger partial charge on any atom is 0.123 e. The largest absolute Gasteiger partial charge is 0.292 e. The van der Waals surface area contributed by atoms with E-state index in [-0.39, 0.29) is 5.82 Å². The molecular weight excluding hydrogens is 337 g/mol. The van der Waals surface area contributed by atoms with Gasteiger partial charge < -0.3 is 0 Å². The molecule has 27 heavy (non-hydrogen) atoms. The SMILES string of the molecule is Fc1ccc(Cc2ccc([C@H]3CCCCN3Cc3ccncc3)cn2)cc1. The van der Waals surface area contributed by atoms with Crippen LogP contribution < -0.4 is 0 Å². The van der Waals surface area contributed by atoms with Crippen molar-refractivity contribution in [3.05, 3.63) is 95.3 Å². The smallest absolute Gasteiger partial charge is 0.123 e. The number of pyridine rings is 2. The van der Waals surface area contributed by atoms with Gasteiger partial charge in [-0.3, -0.25) is 14.9 Å². The van der Waals surface area contributed by atoms with E-state index in [2.05, 4.69) is 39.1 Å². The lowest BCUT2D eigenvalue weighted by molar-refractivity contribution is 0.140. The second kappa shape index (κ2) is 8.40. The van der Waals surface area contributed by atoms with Crippen molar-refractivity contribution in [3.63, 3.8) is 0 Å². The van der Waals surface area contributed by atoms with E-state index in [0.29, 0.717) is 6.04 Å². The topological polar surface area (TPSA) is 29.0 Å². The summed E-state index contributed by atoms with van der Waals surface area (Å²) in [6.07, 6.45) is 10.1. The van der Waals surface area contributed by atoms with E-state index >= 15 is 0 Å². The zero-order chi connectivity index (χ0) is 18.5. The molecule has 4 rings (SSSR count). The highest BCUT2D eigenvalue weighted by atomic mass is 19.1. The Labute approximate surface area is 159 Å². The van der Waals surface area contributed by atoms with E-state index in [1.807, 2.05) is 30.7 Å². The van der Waals surface area contributed by atoms with Gasteiger partial charge in [0.15, 0.2) is 0 Å².